The number of ether oxygens (including phenoxy) is 1. The number of aromatic amines is 1. The van der Waals surface area contributed by atoms with E-state index < -0.39 is 5.60 Å². The molecule has 0 unspecified atom stereocenters. The van der Waals surface area contributed by atoms with Crippen LogP contribution in [0.5, 0.6) is 0 Å². The molecule has 0 aliphatic rings. The van der Waals surface area contributed by atoms with Gasteiger partial charge in [-0.1, -0.05) is 0 Å². The maximum atomic E-state index is 13.4. The van der Waals surface area contributed by atoms with E-state index in [2.05, 4.69) is 20.6 Å². The van der Waals surface area contributed by atoms with Crippen LogP contribution in [0.4, 0.5) is 4.39 Å². The second kappa shape index (κ2) is 9.75. The molecule has 144 valence electrons. The van der Waals surface area contributed by atoms with Crippen molar-refractivity contribution in [2.45, 2.75) is 32.8 Å². The molecule has 0 aliphatic carbocycles. The zero-order chi connectivity index (χ0) is 18.4. The van der Waals surface area contributed by atoms with Gasteiger partial charge in [0.2, 0.25) is 0 Å². The molecule has 6 nitrogen and oxygen atoms in total. The summed E-state index contributed by atoms with van der Waals surface area (Å²) >= 11 is 0. The number of nitrogens with zero attached hydrogens (tertiary/aromatic N) is 1. The van der Waals surface area contributed by atoms with Crippen molar-refractivity contribution in [1.82, 2.24) is 15.6 Å². The van der Waals surface area contributed by atoms with E-state index in [-0.39, 0.29) is 42.3 Å². The third kappa shape index (κ3) is 6.81. The molecule has 0 bridgehead atoms. The summed E-state index contributed by atoms with van der Waals surface area (Å²) in [5.41, 5.74) is 1.41. The Kier molecular flexibility index (Phi) is 8.32. The highest BCUT2D eigenvalue weighted by molar-refractivity contribution is 14.0. The highest BCUT2D eigenvalue weighted by Gasteiger charge is 2.16. The van der Waals surface area contributed by atoms with Gasteiger partial charge >= 0.3 is 5.97 Å². The molecule has 2 rings (SSSR count). The quantitative estimate of drug-likeness (QED) is 0.269. The maximum Gasteiger partial charge on any atom is 0.325 e. The van der Waals surface area contributed by atoms with Gasteiger partial charge in [0.1, 0.15) is 18.0 Å². The van der Waals surface area contributed by atoms with Crippen LogP contribution in [-0.2, 0) is 16.0 Å². The summed E-state index contributed by atoms with van der Waals surface area (Å²) in [6, 6.07) is 4.68. The first-order valence-electron chi connectivity index (χ1n) is 8.20. The van der Waals surface area contributed by atoms with Crippen molar-refractivity contribution >= 4 is 46.8 Å². The molecule has 26 heavy (non-hydrogen) atoms. The topological polar surface area (TPSA) is 78.5 Å². The third-order valence-electron chi connectivity index (χ3n) is 3.46. The van der Waals surface area contributed by atoms with Gasteiger partial charge in [-0.2, -0.15) is 0 Å². The zero-order valence-electron chi connectivity index (χ0n) is 15.5. The number of benzene rings is 1. The Morgan fingerprint density at radius 2 is 2.04 bits per heavy atom. The lowest BCUT2D eigenvalue weighted by Crippen LogP contribution is -2.42. The molecule has 0 aliphatic heterocycles. The summed E-state index contributed by atoms with van der Waals surface area (Å²) < 4.78 is 18.6. The lowest BCUT2D eigenvalue weighted by Gasteiger charge is -2.20. The Morgan fingerprint density at radius 3 is 2.69 bits per heavy atom. The monoisotopic (exact) mass is 476 g/mol. The van der Waals surface area contributed by atoms with Crippen LogP contribution >= 0.6 is 24.0 Å². The molecular weight excluding hydrogens is 450 g/mol. The van der Waals surface area contributed by atoms with Crippen LogP contribution in [0.25, 0.3) is 10.9 Å². The number of carbonyl (C=O) groups is 1. The lowest BCUT2D eigenvalue weighted by molar-refractivity contribution is -0.153. The highest BCUT2D eigenvalue weighted by Crippen LogP contribution is 2.19. The summed E-state index contributed by atoms with van der Waals surface area (Å²) in [7, 11) is 1.63. The molecule has 3 N–H and O–H groups in total. The van der Waals surface area contributed by atoms with E-state index in [1.807, 2.05) is 27.0 Å². The largest absolute Gasteiger partial charge is 0.459 e. The van der Waals surface area contributed by atoms with Gasteiger partial charge in [0, 0.05) is 30.7 Å². The van der Waals surface area contributed by atoms with Crippen LogP contribution in [-0.4, -0.2) is 42.7 Å². The minimum absolute atomic E-state index is 0. The molecule has 8 heteroatoms. The number of halogens is 2. The van der Waals surface area contributed by atoms with Crippen LogP contribution in [0.2, 0.25) is 0 Å². The first-order valence-corrected chi connectivity index (χ1v) is 8.20. The molecule has 2 aromatic rings. The van der Waals surface area contributed by atoms with Crippen molar-refractivity contribution in [1.29, 1.82) is 0 Å². The number of carbonyl (C=O) groups excluding carboxylic acids is 1. The Bertz CT molecular complexity index is 768. The van der Waals surface area contributed by atoms with Crippen LogP contribution < -0.4 is 10.6 Å². The number of rotatable bonds is 5. The van der Waals surface area contributed by atoms with Gasteiger partial charge in [-0.15, -0.1) is 24.0 Å². The van der Waals surface area contributed by atoms with Crippen LogP contribution in [0, 0.1) is 5.82 Å². The van der Waals surface area contributed by atoms with E-state index in [0.717, 1.165) is 16.5 Å². The first-order chi connectivity index (χ1) is 11.8. The van der Waals surface area contributed by atoms with E-state index in [1.54, 1.807) is 13.1 Å². The number of esters is 1. The number of aliphatic imine (C=N–C) groups is 1. The average molecular weight is 476 g/mol. The number of hydrogen-bond acceptors (Lipinski definition) is 3. The summed E-state index contributed by atoms with van der Waals surface area (Å²) in [6.45, 7) is 6.10. The summed E-state index contributed by atoms with van der Waals surface area (Å²) in [5, 5.41) is 6.92. The predicted octanol–water partition coefficient (Wildman–Crippen LogP) is 2.97. The van der Waals surface area contributed by atoms with Crippen molar-refractivity contribution < 1.29 is 13.9 Å². The summed E-state index contributed by atoms with van der Waals surface area (Å²) in [6.07, 6.45) is 2.57. The van der Waals surface area contributed by atoms with Gasteiger partial charge in [0.15, 0.2) is 5.96 Å². The molecule has 0 fully saturated rings. The molecule has 1 heterocycles. The van der Waals surface area contributed by atoms with Gasteiger partial charge in [0.25, 0.3) is 0 Å². The number of fused-ring (bicyclic) bond motifs is 1. The van der Waals surface area contributed by atoms with Gasteiger partial charge < -0.3 is 20.4 Å². The average Bonchev–Trinajstić information content (AvgIpc) is 2.91. The SMILES string of the molecule is CN=C(NCCc1c[nH]c2ccc(F)cc12)NCC(=O)OC(C)(C)C.I. The first kappa shape index (κ1) is 22.2. The number of aromatic nitrogens is 1. The second-order valence-corrected chi connectivity index (χ2v) is 6.69. The van der Waals surface area contributed by atoms with Crippen molar-refractivity contribution in [3.05, 3.63) is 35.8 Å². The Hall–Kier alpha value is -1.84. The van der Waals surface area contributed by atoms with E-state index in [9.17, 15) is 9.18 Å². The molecule has 0 amide bonds. The van der Waals surface area contributed by atoms with Crippen molar-refractivity contribution in [3.63, 3.8) is 0 Å². The predicted molar refractivity (Wildman–Crippen MR) is 113 cm³/mol. The van der Waals surface area contributed by atoms with Crippen molar-refractivity contribution in [3.8, 4) is 0 Å². The summed E-state index contributed by atoms with van der Waals surface area (Å²) in [5.74, 6) is -0.0874. The fourth-order valence-corrected chi connectivity index (χ4v) is 2.43. The fourth-order valence-electron chi connectivity index (χ4n) is 2.43. The summed E-state index contributed by atoms with van der Waals surface area (Å²) in [4.78, 5) is 18.9. The smallest absolute Gasteiger partial charge is 0.325 e. The van der Waals surface area contributed by atoms with E-state index in [4.69, 9.17) is 4.74 Å². The molecule has 0 saturated carbocycles. The molecule has 0 atom stereocenters. The fraction of sp³-hybridized carbons (Fsp3) is 0.444. The number of nitrogens with one attached hydrogen (secondary N) is 3. The Labute approximate surface area is 170 Å². The molecule has 0 radical (unpaired) electrons. The normalized spacial score (nSPS) is 11.8. The molecule has 0 saturated heterocycles. The van der Waals surface area contributed by atoms with E-state index >= 15 is 0 Å². The minimum Gasteiger partial charge on any atom is -0.459 e. The number of hydrogen-bond donors (Lipinski definition) is 3. The van der Waals surface area contributed by atoms with Crippen LogP contribution in [0.15, 0.2) is 29.4 Å². The molecule has 1 aromatic heterocycles. The second-order valence-electron chi connectivity index (χ2n) is 6.69. The van der Waals surface area contributed by atoms with Gasteiger partial charge in [0.05, 0.1) is 0 Å². The number of guanidine groups is 1. The third-order valence-corrected chi connectivity index (χ3v) is 3.46. The van der Waals surface area contributed by atoms with Gasteiger partial charge in [-0.3, -0.25) is 9.79 Å². The standard InChI is InChI=1S/C18H25FN4O2.HI/c1-18(2,3)25-16(24)11-23-17(20-4)21-8-7-12-10-22-15-6-5-13(19)9-14(12)15;/h5-6,9-10,22H,7-8,11H2,1-4H3,(H2,20,21,23);1H. The lowest BCUT2D eigenvalue weighted by atomic mass is 10.1. The maximum absolute atomic E-state index is 13.4. The Morgan fingerprint density at radius 1 is 1.31 bits per heavy atom. The van der Waals surface area contributed by atoms with E-state index in [1.165, 1.54) is 12.1 Å². The Balaban J connectivity index is 0.00000338. The van der Waals surface area contributed by atoms with Crippen LogP contribution in [0.1, 0.15) is 26.3 Å². The number of H-pyrrole nitrogens is 1. The van der Waals surface area contributed by atoms with Crippen molar-refractivity contribution in [2.75, 3.05) is 20.1 Å². The van der Waals surface area contributed by atoms with E-state index in [0.29, 0.717) is 18.9 Å². The van der Waals surface area contributed by atoms with Crippen molar-refractivity contribution in [2.24, 2.45) is 4.99 Å². The molecular formula is C18H26FIN4O2. The molecule has 0 spiro atoms. The van der Waals surface area contributed by atoms with Crippen LogP contribution in [0.3, 0.4) is 0 Å². The molecule has 1 aromatic carbocycles. The zero-order valence-corrected chi connectivity index (χ0v) is 17.8. The van der Waals surface area contributed by atoms with Gasteiger partial charge in [-0.25, -0.2) is 4.39 Å². The minimum atomic E-state index is -0.514. The highest BCUT2D eigenvalue weighted by atomic mass is 127. The van der Waals surface area contributed by atoms with Gasteiger partial charge in [-0.05, 0) is 51.0 Å².